The van der Waals surface area contributed by atoms with Crippen molar-refractivity contribution in [3.05, 3.63) is 42.5 Å². The van der Waals surface area contributed by atoms with Crippen LogP contribution in [0.4, 0.5) is 0 Å². The first-order valence-electron chi connectivity index (χ1n) is 10.8. The molecule has 5 N–H and O–H groups in total. The van der Waals surface area contributed by atoms with E-state index in [-0.39, 0.29) is 6.15 Å². The number of carbonyl (C=O) groups is 1. The lowest BCUT2D eigenvalue weighted by molar-refractivity contribution is -0.137. The molecule has 162 valence electrons. The van der Waals surface area contributed by atoms with Crippen molar-refractivity contribution in [1.82, 2.24) is 6.15 Å². The minimum atomic E-state index is -0.664. The number of hydrogen-bond acceptors (Lipinski definition) is 3. The number of rotatable bonds is 15. The molecule has 4 heteroatoms. The van der Waals surface area contributed by atoms with E-state index in [2.05, 4.69) is 19.1 Å². The monoisotopic (exact) mass is 393 g/mol. The number of phenolic OH excluding ortho intramolecular Hbond substituents is 1. The summed E-state index contributed by atoms with van der Waals surface area (Å²) in [6.07, 6.45) is 21.2. The minimum Gasteiger partial charge on any atom is -0.508 e. The van der Waals surface area contributed by atoms with E-state index in [0.717, 1.165) is 12.8 Å². The van der Waals surface area contributed by atoms with Crippen LogP contribution in [0.2, 0.25) is 0 Å². The highest BCUT2D eigenvalue weighted by molar-refractivity contribution is 5.66. The van der Waals surface area contributed by atoms with Crippen LogP contribution in [0.15, 0.2) is 42.5 Å². The lowest BCUT2D eigenvalue weighted by atomic mass is 10.1. The number of benzene rings is 1. The van der Waals surface area contributed by atoms with Gasteiger partial charge < -0.3 is 16.4 Å². The molecule has 1 aromatic carbocycles. The highest BCUT2D eigenvalue weighted by Crippen LogP contribution is 2.09. The summed E-state index contributed by atoms with van der Waals surface area (Å²) >= 11 is 0. The fourth-order valence-corrected chi connectivity index (χ4v) is 2.77. The van der Waals surface area contributed by atoms with E-state index >= 15 is 0 Å². The summed E-state index contributed by atoms with van der Waals surface area (Å²) in [5.41, 5.74) is 0. The molecule has 28 heavy (non-hydrogen) atoms. The molecule has 4 nitrogen and oxygen atoms in total. The molecular weight excluding hydrogens is 350 g/mol. The van der Waals surface area contributed by atoms with Gasteiger partial charge in [-0.1, -0.05) is 88.6 Å². The normalized spacial score (nSPS) is 10.2. The summed E-state index contributed by atoms with van der Waals surface area (Å²) in [6.45, 7) is 2.26. The smallest absolute Gasteiger partial charge is 0.303 e. The molecule has 0 aliphatic carbocycles. The third kappa shape index (κ3) is 24.2. The predicted octanol–water partition coefficient (Wildman–Crippen LogP) is 7.66. The highest BCUT2D eigenvalue weighted by atomic mass is 16.4. The van der Waals surface area contributed by atoms with Crippen LogP contribution in [0, 0.1) is 0 Å². The first kappa shape index (κ1) is 28.4. The summed E-state index contributed by atoms with van der Waals surface area (Å²) in [7, 11) is 0. The van der Waals surface area contributed by atoms with Gasteiger partial charge in [-0.3, -0.25) is 4.79 Å². The Morgan fingerprint density at radius 3 is 1.68 bits per heavy atom. The highest BCUT2D eigenvalue weighted by Gasteiger charge is 1.95. The molecule has 0 aromatic heterocycles. The molecule has 0 fully saturated rings. The summed E-state index contributed by atoms with van der Waals surface area (Å²) in [6, 6.07) is 8.71. The van der Waals surface area contributed by atoms with Gasteiger partial charge in [0, 0.05) is 6.42 Å². The Morgan fingerprint density at radius 1 is 0.786 bits per heavy atom. The second kappa shape index (κ2) is 23.2. The average molecular weight is 394 g/mol. The van der Waals surface area contributed by atoms with E-state index in [1.54, 1.807) is 24.3 Å². The van der Waals surface area contributed by atoms with Gasteiger partial charge in [0.15, 0.2) is 0 Å². The fraction of sp³-hybridized carbons (Fsp3) is 0.625. The van der Waals surface area contributed by atoms with Gasteiger partial charge >= 0.3 is 5.97 Å². The second-order valence-electron chi connectivity index (χ2n) is 7.06. The van der Waals surface area contributed by atoms with Crippen LogP contribution in [-0.4, -0.2) is 16.2 Å². The Bertz CT molecular complexity index is 460. The van der Waals surface area contributed by atoms with E-state index < -0.39 is 5.97 Å². The molecule has 0 heterocycles. The molecule has 0 radical (unpaired) electrons. The average Bonchev–Trinajstić information content (AvgIpc) is 2.66. The van der Waals surface area contributed by atoms with Crippen LogP contribution in [0.3, 0.4) is 0 Å². The van der Waals surface area contributed by atoms with Gasteiger partial charge in [-0.15, -0.1) is 0 Å². The van der Waals surface area contributed by atoms with Crippen LogP contribution in [0.25, 0.3) is 0 Å². The van der Waals surface area contributed by atoms with Crippen molar-refractivity contribution >= 4 is 5.97 Å². The summed E-state index contributed by atoms with van der Waals surface area (Å²) < 4.78 is 0. The number of para-hydroxylation sites is 1. The Balaban J connectivity index is 0. The van der Waals surface area contributed by atoms with Gasteiger partial charge in [-0.25, -0.2) is 0 Å². The number of aromatic hydroxyl groups is 1. The molecule has 0 saturated carbocycles. The Labute approximate surface area is 172 Å². The molecule has 0 aliphatic rings. The fourth-order valence-electron chi connectivity index (χ4n) is 2.77. The molecule has 0 atom stereocenters. The lowest BCUT2D eigenvalue weighted by Crippen LogP contribution is -1.93. The second-order valence-corrected chi connectivity index (χ2v) is 7.06. The van der Waals surface area contributed by atoms with E-state index in [0.29, 0.717) is 12.2 Å². The van der Waals surface area contributed by atoms with E-state index in [4.69, 9.17) is 10.2 Å². The molecule has 0 amide bonds. The third-order valence-electron chi connectivity index (χ3n) is 4.41. The van der Waals surface area contributed by atoms with E-state index in [1.807, 2.05) is 6.07 Å². The van der Waals surface area contributed by atoms with Crippen molar-refractivity contribution in [2.45, 2.75) is 96.8 Å². The maximum Gasteiger partial charge on any atom is 0.303 e. The molecule has 1 rings (SSSR count). The quantitative estimate of drug-likeness (QED) is 0.210. The van der Waals surface area contributed by atoms with E-state index in [9.17, 15) is 4.79 Å². The number of hydrogen-bond donors (Lipinski definition) is 3. The van der Waals surface area contributed by atoms with E-state index in [1.165, 1.54) is 70.6 Å². The number of aliphatic carboxylic acids is 1. The lowest BCUT2D eigenvalue weighted by Gasteiger charge is -1.99. The van der Waals surface area contributed by atoms with Crippen molar-refractivity contribution < 1.29 is 15.0 Å². The summed E-state index contributed by atoms with van der Waals surface area (Å²) in [5.74, 6) is -0.342. The van der Waals surface area contributed by atoms with Crippen molar-refractivity contribution in [2.75, 3.05) is 0 Å². The molecular formula is C24H43NO3. The summed E-state index contributed by atoms with van der Waals surface area (Å²) in [5, 5.41) is 17.1. The zero-order valence-corrected chi connectivity index (χ0v) is 18.0. The van der Waals surface area contributed by atoms with Crippen LogP contribution in [-0.2, 0) is 4.79 Å². The van der Waals surface area contributed by atoms with Gasteiger partial charge in [0.05, 0.1) is 0 Å². The SMILES string of the molecule is CCCCCCCC/C=C\CCCCCCCC(=O)O.N.Oc1ccccc1. The maximum atomic E-state index is 10.3. The third-order valence-corrected chi connectivity index (χ3v) is 4.41. The topological polar surface area (TPSA) is 92.5 Å². The first-order valence-corrected chi connectivity index (χ1v) is 10.8. The van der Waals surface area contributed by atoms with Gasteiger partial charge in [-0.05, 0) is 44.2 Å². The van der Waals surface area contributed by atoms with Crippen molar-refractivity contribution in [2.24, 2.45) is 0 Å². The first-order chi connectivity index (χ1) is 13.2. The zero-order chi connectivity index (χ0) is 20.0. The molecule has 0 spiro atoms. The Morgan fingerprint density at radius 2 is 1.25 bits per heavy atom. The van der Waals surface area contributed by atoms with Gasteiger partial charge in [0.2, 0.25) is 0 Å². The number of allylic oxidation sites excluding steroid dienone is 2. The standard InChI is InChI=1S/C18H34O2.C6H6O.H3N/c1-2-3-4-5-6-7-8-9-10-11-12-13-14-15-16-17-18(19)20;7-6-4-2-1-3-5-6;/h9-10H,2-8,11-17H2,1H3,(H,19,20);1-5,7H;1H3/b10-9-;;. The molecule has 1 aromatic rings. The largest absolute Gasteiger partial charge is 0.508 e. The van der Waals surface area contributed by atoms with Crippen LogP contribution < -0.4 is 6.15 Å². The number of carboxylic acid groups (broad SMARTS) is 1. The number of unbranched alkanes of at least 4 members (excludes halogenated alkanes) is 11. The van der Waals surface area contributed by atoms with Crippen molar-refractivity contribution in [3.8, 4) is 5.75 Å². The number of carboxylic acids is 1. The summed E-state index contributed by atoms with van der Waals surface area (Å²) in [4.78, 5) is 10.3. The van der Waals surface area contributed by atoms with Crippen molar-refractivity contribution in [3.63, 3.8) is 0 Å². The van der Waals surface area contributed by atoms with Crippen molar-refractivity contribution in [1.29, 1.82) is 0 Å². The van der Waals surface area contributed by atoms with Crippen LogP contribution in [0.5, 0.6) is 5.75 Å². The molecule has 0 unspecified atom stereocenters. The van der Waals surface area contributed by atoms with Gasteiger partial charge in [-0.2, -0.15) is 0 Å². The van der Waals surface area contributed by atoms with Crippen LogP contribution in [0.1, 0.15) is 96.8 Å². The predicted molar refractivity (Wildman–Crippen MR) is 120 cm³/mol. The molecule has 0 bridgehead atoms. The maximum absolute atomic E-state index is 10.3. The number of phenols is 1. The Hall–Kier alpha value is -1.81. The van der Waals surface area contributed by atoms with Gasteiger partial charge in [0.25, 0.3) is 0 Å². The van der Waals surface area contributed by atoms with Gasteiger partial charge in [0.1, 0.15) is 5.75 Å². The Kier molecular flexibility index (Phi) is 23.6. The molecule has 0 aliphatic heterocycles. The van der Waals surface area contributed by atoms with Crippen LogP contribution >= 0.6 is 0 Å². The molecule has 0 saturated heterocycles. The minimum absolute atomic E-state index is 0. The zero-order valence-electron chi connectivity index (χ0n) is 18.0.